The first-order valence-electron chi connectivity index (χ1n) is 11.8. The van der Waals surface area contributed by atoms with Crippen LogP contribution in [0, 0.1) is 11.3 Å². The van der Waals surface area contributed by atoms with Gasteiger partial charge in [-0.2, -0.15) is 23.4 Å². The van der Waals surface area contributed by atoms with E-state index >= 15 is 0 Å². The number of benzene rings is 2. The minimum absolute atomic E-state index is 0.00532. The summed E-state index contributed by atoms with van der Waals surface area (Å²) >= 11 is 1.11. The normalized spacial score (nSPS) is 16.6. The van der Waals surface area contributed by atoms with Gasteiger partial charge in [-0.1, -0.05) is 6.07 Å². The highest BCUT2D eigenvalue weighted by molar-refractivity contribution is 8.18. The summed E-state index contributed by atoms with van der Waals surface area (Å²) in [5.74, 6) is -0.798. The average Bonchev–Trinajstić information content (AvgIpc) is 3.27. The maximum atomic E-state index is 13.5. The first-order valence-corrected chi connectivity index (χ1v) is 12.6. The lowest BCUT2D eigenvalue weighted by Crippen LogP contribution is -2.41. The fourth-order valence-corrected chi connectivity index (χ4v) is 4.61. The zero-order chi connectivity index (χ0) is 28.0. The average molecular weight is 561 g/mol. The minimum Gasteiger partial charge on any atom is -0.493 e. The van der Waals surface area contributed by atoms with Crippen molar-refractivity contribution < 1.29 is 37.0 Å². The van der Waals surface area contributed by atoms with Gasteiger partial charge in [-0.25, -0.2) is 0 Å². The first kappa shape index (κ1) is 28.0. The Bertz CT molecular complexity index is 1360. The Hall–Kier alpha value is -4.02. The van der Waals surface area contributed by atoms with E-state index in [1.54, 1.807) is 23.1 Å². The fourth-order valence-electron chi connectivity index (χ4n) is 3.77. The van der Waals surface area contributed by atoms with Crippen LogP contribution in [0.1, 0.15) is 23.1 Å². The van der Waals surface area contributed by atoms with Crippen LogP contribution in [-0.4, -0.2) is 61.8 Å². The molecule has 9 nitrogen and oxygen atoms in total. The van der Waals surface area contributed by atoms with Crippen molar-refractivity contribution >= 4 is 34.8 Å². The number of methoxy groups -OCH3 is 1. The lowest BCUT2D eigenvalue weighted by molar-refractivity contribution is -0.138. The number of nitrogens with one attached hydrogen (secondary N) is 1. The molecular weight excluding hydrogens is 537 g/mol. The number of thioether (sulfide) groups is 1. The SMILES string of the molecule is COc1cc(C=C2SC(NCCC(=O)N3CCOCC3)=NC2=O)ccc1Oc1ccc(C#N)cc1C(F)(F)F. The third-order valence-corrected chi connectivity index (χ3v) is 6.66. The molecule has 2 heterocycles. The molecule has 0 atom stereocenters. The Kier molecular flexibility index (Phi) is 8.78. The predicted octanol–water partition coefficient (Wildman–Crippen LogP) is 4.19. The van der Waals surface area contributed by atoms with Crippen LogP contribution in [0.5, 0.6) is 17.2 Å². The van der Waals surface area contributed by atoms with E-state index < -0.39 is 23.4 Å². The van der Waals surface area contributed by atoms with Crippen LogP contribution >= 0.6 is 11.8 Å². The topological polar surface area (TPSA) is 113 Å². The van der Waals surface area contributed by atoms with E-state index in [1.807, 2.05) is 0 Å². The zero-order valence-electron chi connectivity index (χ0n) is 20.7. The maximum absolute atomic E-state index is 13.5. The van der Waals surface area contributed by atoms with Crippen LogP contribution < -0.4 is 14.8 Å². The van der Waals surface area contributed by atoms with Crippen molar-refractivity contribution in [2.24, 2.45) is 4.99 Å². The Morgan fingerprint density at radius 2 is 1.95 bits per heavy atom. The first-order chi connectivity index (χ1) is 18.7. The number of morpholine rings is 1. The zero-order valence-corrected chi connectivity index (χ0v) is 21.5. The molecule has 2 aromatic rings. The van der Waals surface area contributed by atoms with Crippen molar-refractivity contribution in [3.8, 4) is 23.3 Å². The monoisotopic (exact) mass is 560 g/mol. The third-order valence-electron chi connectivity index (χ3n) is 5.72. The smallest absolute Gasteiger partial charge is 0.420 e. The molecule has 0 unspecified atom stereocenters. The van der Waals surface area contributed by atoms with Gasteiger partial charge in [0.05, 0.1) is 42.4 Å². The second-order valence-corrected chi connectivity index (χ2v) is 9.37. The Morgan fingerprint density at radius 1 is 1.21 bits per heavy atom. The summed E-state index contributed by atoms with van der Waals surface area (Å²) in [6.07, 6.45) is -2.92. The molecule has 0 aromatic heterocycles. The molecule has 0 spiro atoms. The fraction of sp³-hybridized carbons (Fsp3) is 0.308. The number of rotatable bonds is 7. The molecule has 39 heavy (non-hydrogen) atoms. The number of alkyl halides is 3. The molecule has 1 saturated heterocycles. The number of carbonyl (C=O) groups excluding carboxylic acids is 2. The van der Waals surface area contributed by atoms with Crippen molar-refractivity contribution in [3.05, 3.63) is 58.0 Å². The van der Waals surface area contributed by atoms with E-state index in [-0.39, 0.29) is 29.4 Å². The van der Waals surface area contributed by atoms with E-state index in [0.717, 1.165) is 17.8 Å². The van der Waals surface area contributed by atoms with Crippen molar-refractivity contribution in [1.29, 1.82) is 5.26 Å². The molecule has 2 aromatic carbocycles. The molecular formula is C26H23F3N4O5S. The molecule has 4 rings (SSSR count). The lowest BCUT2D eigenvalue weighted by Gasteiger charge is -2.26. The number of aliphatic imine (C=N–C) groups is 1. The van der Waals surface area contributed by atoms with Crippen molar-refractivity contribution in [3.63, 3.8) is 0 Å². The number of hydrogen-bond acceptors (Lipinski definition) is 8. The van der Waals surface area contributed by atoms with Gasteiger partial charge in [-0.05, 0) is 53.7 Å². The van der Waals surface area contributed by atoms with Gasteiger partial charge in [0, 0.05) is 26.1 Å². The molecule has 2 amide bonds. The highest BCUT2D eigenvalue weighted by atomic mass is 32.2. The lowest BCUT2D eigenvalue weighted by atomic mass is 10.1. The minimum atomic E-state index is -4.73. The highest BCUT2D eigenvalue weighted by Crippen LogP contribution is 2.41. The van der Waals surface area contributed by atoms with Gasteiger partial charge in [0.15, 0.2) is 16.7 Å². The number of halogens is 3. The molecule has 2 aliphatic rings. The van der Waals surface area contributed by atoms with Gasteiger partial charge in [0.1, 0.15) is 5.75 Å². The van der Waals surface area contributed by atoms with E-state index in [2.05, 4.69) is 10.3 Å². The highest BCUT2D eigenvalue weighted by Gasteiger charge is 2.35. The molecule has 2 aliphatic heterocycles. The number of nitrogens with zero attached hydrogens (tertiary/aromatic N) is 3. The quantitative estimate of drug-likeness (QED) is 0.502. The number of ether oxygens (including phenoxy) is 3. The van der Waals surface area contributed by atoms with Crippen LogP contribution in [0.3, 0.4) is 0 Å². The predicted molar refractivity (Wildman–Crippen MR) is 137 cm³/mol. The van der Waals surface area contributed by atoms with Gasteiger partial charge >= 0.3 is 6.18 Å². The number of nitriles is 1. The standard InChI is InChI=1S/C26H23F3N4O5S/c1-36-21-13-16(2-5-20(21)38-19-4-3-17(15-30)12-18(19)26(27,28)29)14-22-24(35)32-25(39-22)31-7-6-23(34)33-8-10-37-11-9-33/h2-5,12-14H,6-11H2,1H3,(H,31,32,35). The van der Waals surface area contributed by atoms with Crippen LogP contribution in [0.25, 0.3) is 6.08 Å². The summed E-state index contributed by atoms with van der Waals surface area (Å²) in [6, 6.07) is 9.19. The van der Waals surface area contributed by atoms with Gasteiger partial charge < -0.3 is 24.4 Å². The third kappa shape index (κ3) is 7.10. The summed E-state index contributed by atoms with van der Waals surface area (Å²) in [5.41, 5.74) is -0.710. The molecule has 0 radical (unpaired) electrons. The largest absolute Gasteiger partial charge is 0.493 e. The summed E-state index contributed by atoms with van der Waals surface area (Å²) < 4.78 is 56.6. The van der Waals surface area contributed by atoms with Crippen LogP contribution in [0.4, 0.5) is 13.2 Å². The second-order valence-electron chi connectivity index (χ2n) is 8.34. The number of carbonyl (C=O) groups is 2. The summed E-state index contributed by atoms with van der Waals surface area (Å²) in [7, 11) is 1.33. The molecule has 0 saturated carbocycles. The van der Waals surface area contributed by atoms with Gasteiger partial charge in [0.2, 0.25) is 5.91 Å². The summed E-state index contributed by atoms with van der Waals surface area (Å²) in [5, 5.41) is 12.3. The van der Waals surface area contributed by atoms with Gasteiger partial charge in [-0.15, -0.1) is 0 Å². The molecule has 204 valence electrons. The summed E-state index contributed by atoms with van der Waals surface area (Å²) in [6.45, 7) is 2.48. The van der Waals surface area contributed by atoms with Gasteiger partial charge in [0.25, 0.3) is 5.91 Å². The number of amides is 2. The summed E-state index contributed by atoms with van der Waals surface area (Å²) in [4.78, 5) is 30.7. The number of hydrogen-bond donors (Lipinski definition) is 1. The molecule has 1 fully saturated rings. The van der Waals surface area contributed by atoms with E-state index in [0.29, 0.717) is 54.6 Å². The molecule has 13 heteroatoms. The van der Waals surface area contributed by atoms with Crippen LogP contribution in [-0.2, 0) is 20.5 Å². The second kappa shape index (κ2) is 12.2. The Morgan fingerprint density at radius 3 is 2.64 bits per heavy atom. The van der Waals surface area contributed by atoms with Crippen molar-refractivity contribution in [2.45, 2.75) is 12.6 Å². The molecule has 0 aliphatic carbocycles. The van der Waals surface area contributed by atoms with Crippen LogP contribution in [0.15, 0.2) is 46.3 Å². The number of amidine groups is 1. The molecule has 1 N–H and O–H groups in total. The van der Waals surface area contributed by atoms with Gasteiger partial charge in [-0.3, -0.25) is 9.59 Å². The maximum Gasteiger partial charge on any atom is 0.420 e. The Labute approximate surface area is 226 Å². The Balaban J connectivity index is 1.41. The molecule has 0 bridgehead atoms. The van der Waals surface area contributed by atoms with E-state index in [9.17, 15) is 22.8 Å². The van der Waals surface area contributed by atoms with E-state index in [4.69, 9.17) is 19.5 Å². The van der Waals surface area contributed by atoms with Crippen molar-refractivity contribution in [1.82, 2.24) is 10.2 Å². The van der Waals surface area contributed by atoms with Crippen molar-refractivity contribution in [2.75, 3.05) is 40.0 Å². The van der Waals surface area contributed by atoms with E-state index in [1.165, 1.54) is 25.3 Å². The van der Waals surface area contributed by atoms with Crippen LogP contribution in [0.2, 0.25) is 0 Å².